The minimum Gasteiger partial charge on any atom is -0.481 e. The summed E-state index contributed by atoms with van der Waals surface area (Å²) >= 11 is 0. The summed E-state index contributed by atoms with van der Waals surface area (Å²) in [4.78, 5) is 29.9. The highest BCUT2D eigenvalue weighted by atomic mass is 16.4. The van der Waals surface area contributed by atoms with Crippen LogP contribution in [0.3, 0.4) is 0 Å². The van der Waals surface area contributed by atoms with Crippen molar-refractivity contribution in [2.45, 2.75) is 33.1 Å². The zero-order valence-electron chi connectivity index (χ0n) is 11.2. The van der Waals surface area contributed by atoms with Crippen LogP contribution in [0.4, 0.5) is 0 Å². The van der Waals surface area contributed by atoms with E-state index in [0.29, 0.717) is 19.4 Å². The topological polar surface area (TPSA) is 92.2 Å². The lowest BCUT2D eigenvalue weighted by molar-refractivity contribution is -0.137. The Morgan fingerprint density at radius 1 is 1.32 bits per heavy atom. The highest BCUT2D eigenvalue weighted by Gasteiger charge is 2.19. The summed E-state index contributed by atoms with van der Waals surface area (Å²) in [6.07, 6.45) is 5.82. The van der Waals surface area contributed by atoms with Crippen LogP contribution in [-0.2, 0) is 4.79 Å². The minimum atomic E-state index is -0.795. The Morgan fingerprint density at radius 2 is 2.05 bits per heavy atom. The molecule has 0 aliphatic carbocycles. The molecule has 0 unspecified atom stereocenters. The molecule has 1 aromatic heterocycles. The number of carboxylic acids is 1. The van der Waals surface area contributed by atoms with Gasteiger partial charge in [-0.1, -0.05) is 13.8 Å². The van der Waals surface area contributed by atoms with Crippen LogP contribution in [-0.4, -0.2) is 33.5 Å². The standard InChI is InChI=1S/C13H19N3O3/c1-13(2,4-3-11(17)18)5-6-16-12(19)10-9-14-7-8-15-10/h7-9H,3-6H2,1-2H3,(H,16,19)(H,17,18). The monoisotopic (exact) mass is 265 g/mol. The third-order valence-corrected chi connectivity index (χ3v) is 2.90. The fourth-order valence-corrected chi connectivity index (χ4v) is 1.59. The zero-order valence-corrected chi connectivity index (χ0v) is 11.2. The Labute approximate surface area is 112 Å². The highest BCUT2D eigenvalue weighted by molar-refractivity contribution is 5.91. The molecule has 0 spiro atoms. The Morgan fingerprint density at radius 3 is 2.63 bits per heavy atom. The fraction of sp³-hybridized carbons (Fsp3) is 0.538. The van der Waals surface area contributed by atoms with Gasteiger partial charge in [0.15, 0.2) is 0 Å². The number of carbonyl (C=O) groups excluding carboxylic acids is 1. The molecule has 104 valence electrons. The first-order chi connectivity index (χ1) is 8.91. The predicted octanol–water partition coefficient (Wildman–Crippen LogP) is 1.49. The number of aliphatic carboxylic acids is 1. The van der Waals surface area contributed by atoms with Crippen molar-refractivity contribution in [3.63, 3.8) is 0 Å². The second-order valence-corrected chi connectivity index (χ2v) is 5.15. The van der Waals surface area contributed by atoms with Crippen LogP contribution in [0.25, 0.3) is 0 Å². The molecule has 1 rings (SSSR count). The molecule has 0 fully saturated rings. The van der Waals surface area contributed by atoms with Gasteiger partial charge in [0.05, 0.1) is 6.20 Å². The van der Waals surface area contributed by atoms with Crippen LogP contribution in [0, 0.1) is 5.41 Å². The van der Waals surface area contributed by atoms with Gasteiger partial charge >= 0.3 is 5.97 Å². The van der Waals surface area contributed by atoms with Crippen LogP contribution in [0.5, 0.6) is 0 Å². The smallest absolute Gasteiger partial charge is 0.303 e. The van der Waals surface area contributed by atoms with Gasteiger partial charge in [-0.05, 0) is 18.3 Å². The van der Waals surface area contributed by atoms with E-state index in [4.69, 9.17) is 5.11 Å². The van der Waals surface area contributed by atoms with E-state index in [1.807, 2.05) is 13.8 Å². The number of hydrogen-bond donors (Lipinski definition) is 2. The van der Waals surface area contributed by atoms with Gasteiger partial charge in [-0.25, -0.2) is 4.98 Å². The van der Waals surface area contributed by atoms with E-state index in [0.717, 1.165) is 0 Å². The molecule has 6 heteroatoms. The molecule has 0 aliphatic rings. The molecule has 1 amide bonds. The highest BCUT2D eigenvalue weighted by Crippen LogP contribution is 2.25. The lowest BCUT2D eigenvalue weighted by atomic mass is 9.84. The third-order valence-electron chi connectivity index (χ3n) is 2.90. The molecule has 0 aliphatic heterocycles. The molecular weight excluding hydrogens is 246 g/mol. The van der Waals surface area contributed by atoms with Crippen LogP contribution < -0.4 is 5.32 Å². The minimum absolute atomic E-state index is 0.117. The maximum absolute atomic E-state index is 11.7. The van der Waals surface area contributed by atoms with Crippen LogP contribution in [0.1, 0.15) is 43.6 Å². The summed E-state index contributed by atoms with van der Waals surface area (Å²) in [5, 5.41) is 11.4. The fourth-order valence-electron chi connectivity index (χ4n) is 1.59. The molecule has 0 radical (unpaired) electrons. The SMILES string of the molecule is CC(C)(CCNC(=O)c1cnccn1)CCC(=O)O. The first kappa shape index (κ1) is 15.1. The van der Waals surface area contributed by atoms with Gasteiger partial charge < -0.3 is 10.4 Å². The number of aromatic nitrogens is 2. The summed E-state index contributed by atoms with van der Waals surface area (Å²) in [6.45, 7) is 4.47. The van der Waals surface area contributed by atoms with E-state index < -0.39 is 5.97 Å². The maximum Gasteiger partial charge on any atom is 0.303 e. The molecule has 0 atom stereocenters. The third kappa shape index (κ3) is 5.94. The lowest BCUT2D eigenvalue weighted by Crippen LogP contribution is -2.29. The number of carbonyl (C=O) groups is 2. The van der Waals surface area contributed by atoms with E-state index in [1.165, 1.54) is 18.6 Å². The summed E-state index contributed by atoms with van der Waals surface area (Å²) < 4.78 is 0. The summed E-state index contributed by atoms with van der Waals surface area (Å²) in [5.74, 6) is -1.06. The Kier molecular flexibility index (Phi) is 5.41. The van der Waals surface area contributed by atoms with Crippen molar-refractivity contribution < 1.29 is 14.7 Å². The molecule has 1 heterocycles. The van der Waals surface area contributed by atoms with Gasteiger partial charge in [-0.3, -0.25) is 14.6 Å². The summed E-state index contributed by atoms with van der Waals surface area (Å²) in [5.41, 5.74) is 0.166. The largest absolute Gasteiger partial charge is 0.481 e. The van der Waals surface area contributed by atoms with Gasteiger partial charge in [0.1, 0.15) is 5.69 Å². The Balaban J connectivity index is 2.33. The van der Waals surface area contributed by atoms with Crippen molar-refractivity contribution in [2.75, 3.05) is 6.54 Å². The van der Waals surface area contributed by atoms with Gasteiger partial charge in [0.25, 0.3) is 5.91 Å². The maximum atomic E-state index is 11.7. The number of rotatable bonds is 7. The van der Waals surface area contributed by atoms with Crippen LogP contribution in [0.2, 0.25) is 0 Å². The second kappa shape index (κ2) is 6.82. The molecule has 0 aromatic carbocycles. The average Bonchev–Trinajstić information content (AvgIpc) is 2.37. The molecule has 19 heavy (non-hydrogen) atoms. The van der Waals surface area contributed by atoms with Gasteiger partial charge in [0.2, 0.25) is 0 Å². The number of nitrogens with one attached hydrogen (secondary N) is 1. The quantitative estimate of drug-likeness (QED) is 0.779. The van der Waals surface area contributed by atoms with Crippen molar-refractivity contribution in [3.05, 3.63) is 24.3 Å². The molecule has 0 saturated heterocycles. The van der Waals surface area contributed by atoms with E-state index >= 15 is 0 Å². The van der Waals surface area contributed by atoms with Crippen molar-refractivity contribution >= 4 is 11.9 Å². The van der Waals surface area contributed by atoms with Gasteiger partial charge in [-0.2, -0.15) is 0 Å². The molecule has 2 N–H and O–H groups in total. The molecule has 6 nitrogen and oxygen atoms in total. The molecule has 0 saturated carbocycles. The van der Waals surface area contributed by atoms with E-state index in [2.05, 4.69) is 15.3 Å². The number of carboxylic acid groups (broad SMARTS) is 1. The van der Waals surface area contributed by atoms with Crippen LogP contribution in [0.15, 0.2) is 18.6 Å². The average molecular weight is 265 g/mol. The normalized spacial score (nSPS) is 11.1. The van der Waals surface area contributed by atoms with Gasteiger partial charge in [0, 0.05) is 25.4 Å². The Hall–Kier alpha value is -1.98. The molecule has 1 aromatic rings. The van der Waals surface area contributed by atoms with Crippen molar-refractivity contribution in [2.24, 2.45) is 5.41 Å². The predicted molar refractivity (Wildman–Crippen MR) is 69.6 cm³/mol. The first-order valence-electron chi connectivity index (χ1n) is 6.17. The number of nitrogens with zero attached hydrogens (tertiary/aromatic N) is 2. The second-order valence-electron chi connectivity index (χ2n) is 5.15. The first-order valence-corrected chi connectivity index (χ1v) is 6.17. The van der Waals surface area contributed by atoms with Crippen LogP contribution >= 0.6 is 0 Å². The van der Waals surface area contributed by atoms with E-state index in [9.17, 15) is 9.59 Å². The Bertz CT molecular complexity index is 432. The summed E-state index contributed by atoms with van der Waals surface area (Å²) in [7, 11) is 0. The van der Waals surface area contributed by atoms with Crippen molar-refractivity contribution in [1.29, 1.82) is 0 Å². The zero-order chi connectivity index (χ0) is 14.3. The van der Waals surface area contributed by atoms with Gasteiger partial charge in [-0.15, -0.1) is 0 Å². The van der Waals surface area contributed by atoms with Crippen molar-refractivity contribution in [3.8, 4) is 0 Å². The molecular formula is C13H19N3O3. The number of amides is 1. The van der Waals surface area contributed by atoms with Crippen molar-refractivity contribution in [1.82, 2.24) is 15.3 Å². The van der Waals surface area contributed by atoms with E-state index in [1.54, 1.807) is 0 Å². The van der Waals surface area contributed by atoms with E-state index in [-0.39, 0.29) is 23.4 Å². The molecule has 0 bridgehead atoms. The number of hydrogen-bond acceptors (Lipinski definition) is 4. The lowest BCUT2D eigenvalue weighted by Gasteiger charge is -2.23. The summed E-state index contributed by atoms with van der Waals surface area (Å²) in [6, 6.07) is 0.